The Kier molecular flexibility index (Phi) is 4.86. The second kappa shape index (κ2) is 5.95. The number of aliphatic hydroxyl groups excluding tert-OH is 1. The van der Waals surface area contributed by atoms with E-state index < -0.39 is 6.04 Å². The molecule has 0 aromatic heterocycles. The van der Waals surface area contributed by atoms with Gasteiger partial charge in [-0.1, -0.05) is 0 Å². The molecule has 0 spiro atoms. The molecule has 0 aliphatic carbocycles. The zero-order valence-corrected chi connectivity index (χ0v) is 8.53. The number of hydrogen-bond acceptors (Lipinski definition) is 5. The Hall–Kier alpha value is -0.650. The number of ether oxygens (including phenoxy) is 1. The predicted molar refractivity (Wildman–Crippen MR) is 51.9 cm³/mol. The Morgan fingerprint density at radius 3 is 2.71 bits per heavy atom. The van der Waals surface area contributed by atoms with Gasteiger partial charge in [0.2, 0.25) is 0 Å². The minimum atomic E-state index is -0.489. The van der Waals surface area contributed by atoms with E-state index >= 15 is 0 Å². The molecule has 1 rings (SSSR count). The first kappa shape index (κ1) is 11.4. The van der Waals surface area contributed by atoms with Crippen molar-refractivity contribution >= 4 is 5.97 Å². The fourth-order valence-corrected chi connectivity index (χ4v) is 1.57. The quantitative estimate of drug-likeness (QED) is 0.562. The number of nitrogens with zero attached hydrogens (tertiary/aromatic N) is 1. The molecule has 1 atom stereocenters. The van der Waals surface area contributed by atoms with Crippen LogP contribution in [-0.2, 0) is 9.53 Å². The van der Waals surface area contributed by atoms with E-state index in [1.165, 1.54) is 0 Å². The van der Waals surface area contributed by atoms with Gasteiger partial charge in [-0.15, -0.1) is 0 Å². The van der Waals surface area contributed by atoms with E-state index in [2.05, 4.69) is 5.32 Å². The summed E-state index contributed by atoms with van der Waals surface area (Å²) in [5.74, 6) is -0.322. The van der Waals surface area contributed by atoms with Crippen LogP contribution in [0.25, 0.3) is 0 Å². The summed E-state index contributed by atoms with van der Waals surface area (Å²) in [4.78, 5) is 13.4. The number of carbonyl (C=O) groups excluding carboxylic acids is 1. The minimum absolute atomic E-state index is 0.168. The van der Waals surface area contributed by atoms with Crippen LogP contribution in [0.2, 0.25) is 0 Å². The number of aliphatic hydroxyl groups is 1. The third-order valence-electron chi connectivity index (χ3n) is 2.32. The lowest BCUT2D eigenvalue weighted by atomic mass is 10.2. The van der Waals surface area contributed by atoms with Gasteiger partial charge in [-0.2, -0.15) is 0 Å². The lowest BCUT2D eigenvalue weighted by Gasteiger charge is -2.32. The van der Waals surface area contributed by atoms with Crippen molar-refractivity contribution in [1.82, 2.24) is 10.2 Å². The van der Waals surface area contributed by atoms with E-state index in [9.17, 15) is 4.79 Å². The van der Waals surface area contributed by atoms with Gasteiger partial charge in [0.1, 0.15) is 6.04 Å². The van der Waals surface area contributed by atoms with Gasteiger partial charge in [-0.3, -0.25) is 9.69 Å². The number of nitrogens with one attached hydrogen (secondary N) is 1. The standard InChI is InChI=1S/C9H18N2O3/c1-2-14-9(13)8(7-12)11-5-3-10-4-6-11/h8,10,12H,2-7H2,1H3. The zero-order chi connectivity index (χ0) is 10.4. The Bertz CT molecular complexity index is 181. The van der Waals surface area contributed by atoms with Crippen molar-refractivity contribution in [2.45, 2.75) is 13.0 Å². The highest BCUT2D eigenvalue weighted by molar-refractivity contribution is 5.75. The third kappa shape index (κ3) is 2.94. The smallest absolute Gasteiger partial charge is 0.325 e. The van der Waals surface area contributed by atoms with Crippen LogP contribution in [0.1, 0.15) is 6.92 Å². The van der Waals surface area contributed by atoms with Crippen molar-refractivity contribution in [3.63, 3.8) is 0 Å². The Labute approximate surface area is 84.0 Å². The van der Waals surface area contributed by atoms with Gasteiger partial charge in [0.25, 0.3) is 0 Å². The van der Waals surface area contributed by atoms with Gasteiger partial charge in [0.15, 0.2) is 0 Å². The number of hydrogen-bond donors (Lipinski definition) is 2. The number of piperazine rings is 1. The summed E-state index contributed by atoms with van der Waals surface area (Å²) in [7, 11) is 0. The summed E-state index contributed by atoms with van der Waals surface area (Å²) in [6.45, 7) is 5.24. The highest BCUT2D eigenvalue weighted by atomic mass is 16.5. The van der Waals surface area contributed by atoms with Crippen molar-refractivity contribution in [2.24, 2.45) is 0 Å². The maximum absolute atomic E-state index is 11.4. The molecule has 0 saturated carbocycles. The lowest BCUT2D eigenvalue weighted by molar-refractivity contribution is -0.151. The maximum atomic E-state index is 11.4. The molecule has 5 heteroatoms. The Morgan fingerprint density at radius 1 is 1.57 bits per heavy atom. The van der Waals surface area contributed by atoms with E-state index in [4.69, 9.17) is 9.84 Å². The molecule has 2 N–H and O–H groups in total. The molecule has 0 amide bonds. The molecular formula is C9H18N2O3. The van der Waals surface area contributed by atoms with Crippen LogP contribution in [0, 0.1) is 0 Å². The van der Waals surface area contributed by atoms with Crippen LogP contribution in [0.3, 0.4) is 0 Å². The van der Waals surface area contributed by atoms with E-state index in [-0.39, 0.29) is 12.6 Å². The molecule has 0 aromatic carbocycles. The summed E-state index contributed by atoms with van der Waals surface area (Å²) in [6, 6.07) is -0.489. The van der Waals surface area contributed by atoms with E-state index in [1.54, 1.807) is 6.92 Å². The topological polar surface area (TPSA) is 61.8 Å². The largest absolute Gasteiger partial charge is 0.465 e. The van der Waals surface area contributed by atoms with Crippen LogP contribution in [0.15, 0.2) is 0 Å². The van der Waals surface area contributed by atoms with Crippen molar-refractivity contribution in [3.05, 3.63) is 0 Å². The van der Waals surface area contributed by atoms with Gasteiger partial charge >= 0.3 is 5.97 Å². The minimum Gasteiger partial charge on any atom is -0.465 e. The first-order valence-corrected chi connectivity index (χ1v) is 5.01. The summed E-state index contributed by atoms with van der Waals surface area (Å²) < 4.78 is 4.89. The van der Waals surface area contributed by atoms with Crippen LogP contribution in [0.5, 0.6) is 0 Å². The average molecular weight is 202 g/mol. The van der Waals surface area contributed by atoms with E-state index in [1.807, 2.05) is 4.90 Å². The Morgan fingerprint density at radius 2 is 2.21 bits per heavy atom. The molecule has 82 valence electrons. The molecule has 1 aliphatic heterocycles. The van der Waals surface area contributed by atoms with Crippen molar-refractivity contribution < 1.29 is 14.6 Å². The molecular weight excluding hydrogens is 184 g/mol. The molecule has 1 unspecified atom stereocenters. The van der Waals surface area contributed by atoms with Gasteiger partial charge in [0, 0.05) is 26.2 Å². The first-order chi connectivity index (χ1) is 6.79. The van der Waals surface area contributed by atoms with Crippen molar-refractivity contribution in [1.29, 1.82) is 0 Å². The predicted octanol–water partition coefficient (Wildman–Crippen LogP) is -1.18. The van der Waals surface area contributed by atoms with Crippen LogP contribution in [-0.4, -0.2) is 61.4 Å². The van der Waals surface area contributed by atoms with E-state index in [0.717, 1.165) is 26.2 Å². The third-order valence-corrected chi connectivity index (χ3v) is 2.32. The Balaban J connectivity index is 2.46. The number of rotatable bonds is 4. The second-order valence-corrected chi connectivity index (χ2v) is 3.24. The molecule has 0 aromatic rings. The molecule has 1 fully saturated rings. The fraction of sp³-hybridized carbons (Fsp3) is 0.889. The molecule has 0 bridgehead atoms. The summed E-state index contributed by atoms with van der Waals surface area (Å²) >= 11 is 0. The number of esters is 1. The maximum Gasteiger partial charge on any atom is 0.325 e. The fourth-order valence-electron chi connectivity index (χ4n) is 1.57. The summed E-state index contributed by atoms with van der Waals surface area (Å²) in [6.07, 6.45) is 0. The van der Waals surface area contributed by atoms with Gasteiger partial charge in [0.05, 0.1) is 13.2 Å². The molecule has 1 heterocycles. The average Bonchev–Trinajstić information content (AvgIpc) is 2.21. The highest BCUT2D eigenvalue weighted by Gasteiger charge is 2.27. The van der Waals surface area contributed by atoms with Crippen LogP contribution >= 0.6 is 0 Å². The van der Waals surface area contributed by atoms with Crippen molar-refractivity contribution in [3.8, 4) is 0 Å². The normalized spacial score (nSPS) is 20.4. The van der Waals surface area contributed by atoms with Crippen molar-refractivity contribution in [2.75, 3.05) is 39.4 Å². The van der Waals surface area contributed by atoms with E-state index in [0.29, 0.717) is 6.61 Å². The van der Waals surface area contributed by atoms with Crippen LogP contribution < -0.4 is 5.32 Å². The molecule has 1 saturated heterocycles. The number of carbonyl (C=O) groups is 1. The lowest BCUT2D eigenvalue weighted by Crippen LogP contribution is -2.53. The second-order valence-electron chi connectivity index (χ2n) is 3.24. The zero-order valence-electron chi connectivity index (χ0n) is 8.53. The summed E-state index contributed by atoms with van der Waals surface area (Å²) in [5.41, 5.74) is 0. The first-order valence-electron chi connectivity index (χ1n) is 5.01. The highest BCUT2D eigenvalue weighted by Crippen LogP contribution is 2.03. The molecule has 14 heavy (non-hydrogen) atoms. The van der Waals surface area contributed by atoms with Crippen LogP contribution in [0.4, 0.5) is 0 Å². The monoisotopic (exact) mass is 202 g/mol. The molecule has 1 aliphatic rings. The van der Waals surface area contributed by atoms with Gasteiger partial charge < -0.3 is 15.2 Å². The molecule has 0 radical (unpaired) electrons. The van der Waals surface area contributed by atoms with Gasteiger partial charge in [-0.05, 0) is 6.92 Å². The summed E-state index contributed by atoms with van der Waals surface area (Å²) in [5, 5.41) is 12.3. The molecule has 5 nitrogen and oxygen atoms in total. The van der Waals surface area contributed by atoms with Gasteiger partial charge in [-0.25, -0.2) is 0 Å². The SMILES string of the molecule is CCOC(=O)C(CO)N1CCNCC1.